The molecule has 1 unspecified atom stereocenters. The maximum atomic E-state index is 11.7. The molecule has 0 bridgehead atoms. The Hall–Kier alpha value is -1.07. The number of amides is 2. The summed E-state index contributed by atoms with van der Waals surface area (Å²) < 4.78 is 0.870. The molecule has 0 spiro atoms. The lowest BCUT2D eigenvalue weighted by Gasteiger charge is -2.19. The summed E-state index contributed by atoms with van der Waals surface area (Å²) in [6.07, 6.45) is 0.785. The normalized spacial score (nSPS) is 15.1. The standard InChI is InChI=1S/C13H14BrClN2O2/c1-7(15)13(19)16-11-6-10(14)5-9-3-4-17(8(2)18)12(9)11/h5-7H,3-4H2,1-2H3,(H,16,19). The number of alkyl halides is 1. The van der Waals surface area contributed by atoms with Gasteiger partial charge in [0.2, 0.25) is 11.8 Å². The molecule has 1 N–H and O–H groups in total. The lowest BCUT2D eigenvalue weighted by Crippen LogP contribution is -2.28. The Balaban J connectivity index is 2.43. The minimum atomic E-state index is -0.623. The molecule has 102 valence electrons. The lowest BCUT2D eigenvalue weighted by molar-refractivity contribution is -0.117. The van der Waals surface area contributed by atoms with Gasteiger partial charge in [0.1, 0.15) is 5.38 Å². The van der Waals surface area contributed by atoms with Gasteiger partial charge in [-0.1, -0.05) is 15.9 Å². The number of hydrogen-bond donors (Lipinski definition) is 1. The quantitative estimate of drug-likeness (QED) is 0.838. The summed E-state index contributed by atoms with van der Waals surface area (Å²) in [6.45, 7) is 3.77. The molecule has 1 aliphatic rings. The molecule has 0 fully saturated rings. The Morgan fingerprint density at radius 2 is 2.16 bits per heavy atom. The number of halogens is 2. The van der Waals surface area contributed by atoms with E-state index in [4.69, 9.17) is 11.6 Å². The van der Waals surface area contributed by atoms with Crippen molar-refractivity contribution in [1.82, 2.24) is 0 Å². The third-order valence-corrected chi connectivity index (χ3v) is 3.68. The minimum absolute atomic E-state index is 0.0320. The largest absolute Gasteiger partial charge is 0.323 e. The molecule has 0 aromatic heterocycles. The molecular formula is C13H14BrClN2O2. The average Bonchev–Trinajstić information content (AvgIpc) is 2.72. The highest BCUT2D eigenvalue weighted by Crippen LogP contribution is 2.38. The molecule has 19 heavy (non-hydrogen) atoms. The molecule has 1 aliphatic heterocycles. The molecule has 2 amide bonds. The predicted molar refractivity (Wildman–Crippen MR) is 79.8 cm³/mol. The molecule has 2 rings (SSSR count). The van der Waals surface area contributed by atoms with Gasteiger partial charge in [-0.25, -0.2) is 0 Å². The summed E-state index contributed by atoms with van der Waals surface area (Å²) in [6, 6.07) is 3.76. The van der Waals surface area contributed by atoms with E-state index in [1.54, 1.807) is 17.9 Å². The second kappa shape index (κ2) is 5.51. The van der Waals surface area contributed by atoms with Crippen LogP contribution in [-0.4, -0.2) is 23.7 Å². The molecule has 6 heteroatoms. The Labute approximate surface area is 125 Å². The molecule has 0 saturated carbocycles. The van der Waals surface area contributed by atoms with E-state index in [0.29, 0.717) is 12.2 Å². The number of rotatable bonds is 2. The highest BCUT2D eigenvalue weighted by Gasteiger charge is 2.27. The number of carbonyl (C=O) groups excluding carboxylic acids is 2. The minimum Gasteiger partial charge on any atom is -0.323 e. The van der Waals surface area contributed by atoms with Gasteiger partial charge in [0.15, 0.2) is 0 Å². The van der Waals surface area contributed by atoms with E-state index in [-0.39, 0.29) is 11.8 Å². The molecule has 0 aliphatic carbocycles. The third kappa shape index (κ3) is 2.92. The van der Waals surface area contributed by atoms with Crippen molar-refractivity contribution in [2.45, 2.75) is 25.6 Å². The topological polar surface area (TPSA) is 49.4 Å². The van der Waals surface area contributed by atoms with E-state index in [1.807, 2.05) is 6.07 Å². The van der Waals surface area contributed by atoms with Crippen molar-refractivity contribution in [3.8, 4) is 0 Å². The van der Waals surface area contributed by atoms with Gasteiger partial charge in [0, 0.05) is 17.9 Å². The van der Waals surface area contributed by atoms with E-state index < -0.39 is 5.38 Å². The first kappa shape index (κ1) is 14.3. The number of benzene rings is 1. The van der Waals surface area contributed by atoms with Crippen LogP contribution in [0.25, 0.3) is 0 Å². The first-order chi connectivity index (χ1) is 8.90. The Morgan fingerprint density at radius 3 is 2.74 bits per heavy atom. The molecule has 1 aromatic rings. The van der Waals surface area contributed by atoms with Crippen molar-refractivity contribution >= 4 is 50.7 Å². The van der Waals surface area contributed by atoms with Crippen LogP contribution in [0, 0.1) is 0 Å². The Kier molecular flexibility index (Phi) is 4.16. The van der Waals surface area contributed by atoms with Crippen LogP contribution in [0.4, 0.5) is 11.4 Å². The monoisotopic (exact) mass is 344 g/mol. The van der Waals surface area contributed by atoms with Gasteiger partial charge in [-0.05, 0) is 31.0 Å². The first-order valence-corrected chi connectivity index (χ1v) is 7.18. The summed E-state index contributed by atoms with van der Waals surface area (Å²) >= 11 is 9.18. The number of fused-ring (bicyclic) bond motifs is 1. The maximum absolute atomic E-state index is 11.7. The second-order valence-corrected chi connectivity index (χ2v) is 6.06. The van der Waals surface area contributed by atoms with Crippen LogP contribution in [0.5, 0.6) is 0 Å². The molecule has 1 aromatic carbocycles. The van der Waals surface area contributed by atoms with E-state index in [2.05, 4.69) is 21.2 Å². The van der Waals surface area contributed by atoms with Gasteiger partial charge in [0.05, 0.1) is 11.4 Å². The fourth-order valence-electron chi connectivity index (χ4n) is 2.15. The number of nitrogens with zero attached hydrogens (tertiary/aromatic N) is 1. The van der Waals surface area contributed by atoms with Crippen molar-refractivity contribution in [2.24, 2.45) is 0 Å². The fraction of sp³-hybridized carbons (Fsp3) is 0.385. The van der Waals surface area contributed by atoms with Crippen LogP contribution >= 0.6 is 27.5 Å². The summed E-state index contributed by atoms with van der Waals surface area (Å²) in [4.78, 5) is 25.1. The zero-order chi connectivity index (χ0) is 14.2. The smallest absolute Gasteiger partial charge is 0.242 e. The van der Waals surface area contributed by atoms with Gasteiger partial charge in [-0.15, -0.1) is 11.6 Å². The van der Waals surface area contributed by atoms with Crippen LogP contribution in [0.2, 0.25) is 0 Å². The summed E-state index contributed by atoms with van der Waals surface area (Å²) in [5, 5.41) is 2.15. The third-order valence-electron chi connectivity index (χ3n) is 3.03. The van der Waals surface area contributed by atoms with Gasteiger partial charge in [-0.2, -0.15) is 0 Å². The highest BCUT2D eigenvalue weighted by atomic mass is 79.9. The van der Waals surface area contributed by atoms with E-state index in [9.17, 15) is 9.59 Å². The maximum Gasteiger partial charge on any atom is 0.242 e. The summed E-state index contributed by atoms with van der Waals surface area (Å²) in [7, 11) is 0. The number of nitrogens with one attached hydrogen (secondary N) is 1. The average molecular weight is 346 g/mol. The fourth-order valence-corrected chi connectivity index (χ4v) is 2.71. The van der Waals surface area contributed by atoms with Gasteiger partial charge >= 0.3 is 0 Å². The number of hydrogen-bond acceptors (Lipinski definition) is 2. The molecule has 4 nitrogen and oxygen atoms in total. The summed E-state index contributed by atoms with van der Waals surface area (Å²) in [5.41, 5.74) is 2.44. The van der Waals surface area contributed by atoms with Gasteiger partial charge in [-0.3, -0.25) is 9.59 Å². The second-order valence-electron chi connectivity index (χ2n) is 4.49. The zero-order valence-electron chi connectivity index (χ0n) is 10.7. The van der Waals surface area contributed by atoms with Crippen LogP contribution in [0.15, 0.2) is 16.6 Å². The number of anilines is 2. The molecule has 1 atom stereocenters. The lowest BCUT2D eigenvalue weighted by atomic mass is 10.1. The Morgan fingerprint density at radius 1 is 1.47 bits per heavy atom. The summed E-state index contributed by atoms with van der Waals surface area (Å²) in [5.74, 6) is -0.312. The zero-order valence-corrected chi connectivity index (χ0v) is 13.0. The van der Waals surface area contributed by atoms with Crippen LogP contribution in [0.1, 0.15) is 19.4 Å². The van der Waals surface area contributed by atoms with E-state index in [0.717, 1.165) is 22.1 Å². The predicted octanol–water partition coefficient (Wildman–Crippen LogP) is 2.92. The molecule has 0 radical (unpaired) electrons. The van der Waals surface area contributed by atoms with Gasteiger partial charge in [0.25, 0.3) is 0 Å². The van der Waals surface area contributed by atoms with Crippen molar-refractivity contribution in [1.29, 1.82) is 0 Å². The van der Waals surface area contributed by atoms with Crippen LogP contribution in [-0.2, 0) is 16.0 Å². The van der Waals surface area contributed by atoms with Crippen molar-refractivity contribution in [3.05, 3.63) is 22.2 Å². The van der Waals surface area contributed by atoms with Crippen molar-refractivity contribution in [3.63, 3.8) is 0 Å². The van der Waals surface area contributed by atoms with Crippen LogP contribution in [0.3, 0.4) is 0 Å². The van der Waals surface area contributed by atoms with Crippen molar-refractivity contribution < 1.29 is 9.59 Å². The number of carbonyl (C=O) groups is 2. The van der Waals surface area contributed by atoms with Gasteiger partial charge < -0.3 is 10.2 Å². The van der Waals surface area contributed by atoms with E-state index >= 15 is 0 Å². The first-order valence-electron chi connectivity index (χ1n) is 5.95. The molecule has 1 heterocycles. The van der Waals surface area contributed by atoms with E-state index in [1.165, 1.54) is 6.92 Å². The Bertz CT molecular complexity index is 546. The molecule has 0 saturated heterocycles. The molecular weight excluding hydrogens is 332 g/mol. The van der Waals surface area contributed by atoms with Crippen LogP contribution < -0.4 is 10.2 Å². The highest BCUT2D eigenvalue weighted by molar-refractivity contribution is 9.10. The SMILES string of the molecule is CC(=O)N1CCc2cc(Br)cc(NC(=O)C(C)Cl)c21. The van der Waals surface area contributed by atoms with Crippen molar-refractivity contribution in [2.75, 3.05) is 16.8 Å².